The molecule has 34 heavy (non-hydrogen) atoms. The van der Waals surface area contributed by atoms with E-state index in [1.807, 2.05) is 0 Å². The summed E-state index contributed by atoms with van der Waals surface area (Å²) in [5.41, 5.74) is 1.00. The van der Waals surface area contributed by atoms with E-state index in [9.17, 15) is 19.5 Å². The molecule has 184 valence electrons. The van der Waals surface area contributed by atoms with Crippen LogP contribution in [0.25, 0.3) is 11.0 Å². The average molecular weight is 473 g/mol. The lowest BCUT2D eigenvalue weighted by atomic mass is 9.76. The molecule has 1 aromatic heterocycles. The Morgan fingerprint density at radius 3 is 2.65 bits per heavy atom. The van der Waals surface area contributed by atoms with Gasteiger partial charge in [0.25, 0.3) is 0 Å². The number of methoxy groups -OCH3 is 1. The number of fused-ring (bicyclic) bond motifs is 1. The number of amides is 2. The minimum atomic E-state index is -1.06. The predicted molar refractivity (Wildman–Crippen MR) is 125 cm³/mol. The maximum atomic E-state index is 13.3. The van der Waals surface area contributed by atoms with E-state index in [1.54, 1.807) is 31.2 Å². The van der Waals surface area contributed by atoms with Crippen molar-refractivity contribution in [2.45, 2.75) is 57.6 Å². The summed E-state index contributed by atoms with van der Waals surface area (Å²) < 4.78 is 15.8. The van der Waals surface area contributed by atoms with Crippen molar-refractivity contribution < 1.29 is 33.4 Å². The molecule has 9 heteroatoms. The van der Waals surface area contributed by atoms with Crippen LogP contribution < -0.4 is 5.32 Å². The molecule has 1 aromatic carbocycles. The Bertz CT molecular complexity index is 1040. The zero-order valence-corrected chi connectivity index (χ0v) is 19.6. The highest BCUT2D eigenvalue weighted by atomic mass is 16.6. The van der Waals surface area contributed by atoms with E-state index < -0.39 is 18.1 Å². The third-order valence-corrected chi connectivity index (χ3v) is 7.05. The fraction of sp³-hybridized carbons (Fsp3) is 0.560. The van der Waals surface area contributed by atoms with E-state index in [4.69, 9.17) is 13.9 Å². The Morgan fingerprint density at radius 1 is 1.18 bits per heavy atom. The summed E-state index contributed by atoms with van der Waals surface area (Å²) in [6.07, 6.45) is 4.99. The van der Waals surface area contributed by atoms with Crippen LogP contribution >= 0.6 is 0 Å². The van der Waals surface area contributed by atoms with Crippen molar-refractivity contribution in [1.29, 1.82) is 0 Å². The van der Waals surface area contributed by atoms with E-state index >= 15 is 0 Å². The lowest BCUT2D eigenvalue weighted by Gasteiger charge is -2.32. The molecule has 0 radical (unpaired) electrons. The highest BCUT2D eigenvalue weighted by Gasteiger charge is 2.45. The fourth-order valence-corrected chi connectivity index (χ4v) is 5.19. The number of carbonyl (C=O) groups is 3. The largest absolute Gasteiger partial charge is 0.465 e. The van der Waals surface area contributed by atoms with Gasteiger partial charge in [0, 0.05) is 24.7 Å². The van der Waals surface area contributed by atoms with Crippen molar-refractivity contribution in [3.63, 3.8) is 0 Å². The van der Waals surface area contributed by atoms with Gasteiger partial charge in [-0.2, -0.15) is 0 Å². The monoisotopic (exact) mass is 472 g/mol. The number of hydrogen-bond acceptors (Lipinski definition) is 6. The zero-order chi connectivity index (χ0) is 24.2. The number of nitrogens with zero attached hydrogens (tertiary/aromatic N) is 1. The first-order valence-electron chi connectivity index (χ1n) is 11.9. The van der Waals surface area contributed by atoms with Crippen LogP contribution in [0.3, 0.4) is 0 Å². The van der Waals surface area contributed by atoms with Crippen LogP contribution in [0.4, 0.5) is 10.5 Å². The van der Waals surface area contributed by atoms with E-state index in [0.717, 1.165) is 25.7 Å². The topological polar surface area (TPSA) is 118 Å². The minimum Gasteiger partial charge on any atom is -0.465 e. The molecule has 2 fully saturated rings. The van der Waals surface area contributed by atoms with Crippen LogP contribution in [0.5, 0.6) is 0 Å². The molecular weight excluding hydrogens is 440 g/mol. The Labute approximate surface area is 198 Å². The van der Waals surface area contributed by atoms with E-state index in [0.29, 0.717) is 35.5 Å². The van der Waals surface area contributed by atoms with Gasteiger partial charge in [-0.05, 0) is 49.4 Å². The molecule has 2 N–H and O–H groups in total. The number of benzene rings is 1. The highest BCUT2D eigenvalue weighted by Crippen LogP contribution is 2.39. The second kappa shape index (κ2) is 10.5. The Kier molecular flexibility index (Phi) is 7.41. The SMILES string of the molecule is CO[C@@H](C)COC(=O)c1cc2cc(NC(=O)[C@@H]3[C@H](C4CCCCC4)CCN3C(=O)O)ccc2o1. The van der Waals surface area contributed by atoms with Gasteiger partial charge in [-0.3, -0.25) is 9.69 Å². The molecule has 9 nitrogen and oxygen atoms in total. The number of esters is 1. The predicted octanol–water partition coefficient (Wildman–Crippen LogP) is 4.51. The van der Waals surface area contributed by atoms with Crippen molar-refractivity contribution in [3.8, 4) is 0 Å². The van der Waals surface area contributed by atoms with Gasteiger partial charge in [0.05, 0.1) is 6.10 Å². The van der Waals surface area contributed by atoms with Gasteiger partial charge in [-0.25, -0.2) is 9.59 Å². The first-order chi connectivity index (χ1) is 16.4. The maximum Gasteiger partial charge on any atom is 0.407 e. The molecule has 1 aliphatic carbocycles. The Balaban J connectivity index is 1.48. The second-order valence-electron chi connectivity index (χ2n) is 9.27. The third-order valence-electron chi connectivity index (χ3n) is 7.05. The number of ether oxygens (including phenoxy) is 2. The van der Waals surface area contributed by atoms with Gasteiger partial charge in [0.15, 0.2) is 0 Å². The van der Waals surface area contributed by atoms with Crippen LogP contribution in [0, 0.1) is 11.8 Å². The van der Waals surface area contributed by atoms with Crippen LogP contribution in [0.1, 0.15) is 56.0 Å². The van der Waals surface area contributed by atoms with Crippen LogP contribution in [-0.2, 0) is 14.3 Å². The highest BCUT2D eigenvalue weighted by molar-refractivity contribution is 5.99. The molecule has 0 spiro atoms. The minimum absolute atomic E-state index is 0.0323. The molecule has 2 heterocycles. The summed E-state index contributed by atoms with van der Waals surface area (Å²) in [5.74, 6) is -0.438. The molecule has 1 saturated heterocycles. The van der Waals surface area contributed by atoms with Crippen molar-refractivity contribution in [2.75, 3.05) is 25.6 Å². The quantitative estimate of drug-likeness (QED) is 0.569. The van der Waals surface area contributed by atoms with Crippen molar-refractivity contribution >= 4 is 34.6 Å². The van der Waals surface area contributed by atoms with Gasteiger partial charge >= 0.3 is 12.1 Å². The summed E-state index contributed by atoms with van der Waals surface area (Å²) in [4.78, 5) is 38.7. The molecule has 0 unspecified atom stereocenters. The fourth-order valence-electron chi connectivity index (χ4n) is 5.19. The maximum absolute atomic E-state index is 13.3. The van der Waals surface area contributed by atoms with Crippen molar-refractivity contribution in [3.05, 3.63) is 30.0 Å². The van der Waals surface area contributed by atoms with Gasteiger partial charge in [-0.1, -0.05) is 32.1 Å². The molecular formula is C25H32N2O7. The summed E-state index contributed by atoms with van der Waals surface area (Å²) in [6, 6.07) is 5.92. The van der Waals surface area contributed by atoms with Crippen LogP contribution in [0.2, 0.25) is 0 Å². The summed E-state index contributed by atoms with van der Waals surface area (Å²) >= 11 is 0. The lowest BCUT2D eigenvalue weighted by molar-refractivity contribution is -0.121. The first-order valence-corrected chi connectivity index (χ1v) is 11.9. The van der Waals surface area contributed by atoms with Gasteiger partial charge < -0.3 is 24.3 Å². The standard InChI is InChI=1S/C25H32N2O7/c1-15(32-2)14-33-24(29)21-13-17-12-18(8-9-20(17)34-21)26-23(28)22-19(10-11-27(22)25(30)31)16-6-4-3-5-7-16/h8-9,12-13,15-16,19,22H,3-7,10-11,14H2,1-2H3,(H,26,28)(H,30,31)/t15-,19-,22-/m0/s1. The molecule has 1 saturated carbocycles. The molecule has 3 atom stereocenters. The molecule has 2 amide bonds. The van der Waals surface area contributed by atoms with Crippen LogP contribution in [0.15, 0.2) is 28.7 Å². The van der Waals surface area contributed by atoms with Crippen LogP contribution in [-0.4, -0.2) is 60.4 Å². The third kappa shape index (κ3) is 5.19. The summed E-state index contributed by atoms with van der Waals surface area (Å²) in [7, 11) is 1.54. The van der Waals surface area contributed by atoms with E-state index in [-0.39, 0.29) is 30.3 Å². The van der Waals surface area contributed by atoms with Gasteiger partial charge in [0.1, 0.15) is 18.2 Å². The van der Waals surface area contributed by atoms with Crippen molar-refractivity contribution in [1.82, 2.24) is 4.90 Å². The average Bonchev–Trinajstić information content (AvgIpc) is 3.47. The number of anilines is 1. The normalized spacial score (nSPS) is 22.0. The Hall–Kier alpha value is -3.07. The molecule has 4 rings (SSSR count). The van der Waals surface area contributed by atoms with E-state index in [1.165, 1.54) is 18.4 Å². The molecule has 2 aliphatic rings. The number of nitrogens with one attached hydrogen (secondary N) is 1. The number of carboxylic acid groups (broad SMARTS) is 1. The summed E-state index contributed by atoms with van der Waals surface area (Å²) in [6.45, 7) is 2.27. The number of carbonyl (C=O) groups excluding carboxylic acids is 2. The van der Waals surface area contributed by atoms with Crippen molar-refractivity contribution in [2.24, 2.45) is 11.8 Å². The molecule has 0 bridgehead atoms. The van der Waals surface area contributed by atoms with E-state index in [2.05, 4.69) is 5.32 Å². The molecule has 2 aromatic rings. The molecule has 1 aliphatic heterocycles. The number of likely N-dealkylation sites (tertiary alicyclic amines) is 1. The number of furan rings is 1. The van der Waals surface area contributed by atoms with Gasteiger partial charge in [-0.15, -0.1) is 0 Å². The first kappa shape index (κ1) is 24.1. The smallest absolute Gasteiger partial charge is 0.407 e. The lowest BCUT2D eigenvalue weighted by Crippen LogP contribution is -2.47. The number of rotatable bonds is 7. The van der Waals surface area contributed by atoms with Gasteiger partial charge in [0.2, 0.25) is 11.7 Å². The Morgan fingerprint density at radius 2 is 1.94 bits per heavy atom. The summed E-state index contributed by atoms with van der Waals surface area (Å²) in [5, 5.41) is 13.2. The number of hydrogen-bond donors (Lipinski definition) is 2. The second-order valence-corrected chi connectivity index (χ2v) is 9.27. The zero-order valence-electron chi connectivity index (χ0n) is 19.6.